The van der Waals surface area contributed by atoms with Gasteiger partial charge < -0.3 is 10.2 Å². The molecule has 0 unspecified atom stereocenters. The summed E-state index contributed by atoms with van der Waals surface area (Å²) in [5.74, 6) is 1.06. The van der Waals surface area contributed by atoms with Gasteiger partial charge in [0.25, 0.3) is 0 Å². The molecule has 2 aromatic rings. The monoisotopic (exact) mass is 365 g/mol. The summed E-state index contributed by atoms with van der Waals surface area (Å²) < 4.78 is 1.91. The number of carbonyl (C=O) groups is 1. The number of nitrogens with zero attached hydrogens (tertiary/aromatic N) is 2. The van der Waals surface area contributed by atoms with Crippen LogP contribution in [0.1, 0.15) is 19.8 Å². The van der Waals surface area contributed by atoms with E-state index in [1.165, 1.54) is 35.9 Å². The second-order valence-electron chi connectivity index (χ2n) is 5.76. The van der Waals surface area contributed by atoms with E-state index >= 15 is 0 Å². The highest BCUT2D eigenvalue weighted by molar-refractivity contribution is 8.23. The van der Waals surface area contributed by atoms with Crippen molar-refractivity contribution in [3.05, 3.63) is 24.3 Å². The summed E-state index contributed by atoms with van der Waals surface area (Å²) in [5.41, 5.74) is 0.915. The Morgan fingerprint density at radius 3 is 2.91 bits per heavy atom. The molecule has 0 bridgehead atoms. The quantitative estimate of drug-likeness (QED) is 0.834. The summed E-state index contributed by atoms with van der Waals surface area (Å²) in [5, 5.41) is 3.51. The normalized spacial score (nSPS) is 15.8. The number of para-hydroxylation sites is 1. The standard InChI is InChI=1S/C16H19N3OS3/c1-11-6-8-19(9-7-11)16(21)22-10-14(20)18-15-17-12-4-2-3-5-13(12)23-15/h2-5,11H,6-10H2,1H3,(H,17,18,20). The summed E-state index contributed by atoms with van der Waals surface area (Å²) in [6.07, 6.45) is 2.36. The van der Waals surface area contributed by atoms with E-state index in [1.54, 1.807) is 0 Å². The number of carbonyl (C=O) groups excluding carboxylic acids is 1. The largest absolute Gasteiger partial charge is 0.357 e. The number of piperidine rings is 1. The van der Waals surface area contributed by atoms with Crippen molar-refractivity contribution in [2.24, 2.45) is 5.92 Å². The number of amides is 1. The van der Waals surface area contributed by atoms with Gasteiger partial charge in [0.15, 0.2) is 5.13 Å². The minimum atomic E-state index is -0.0539. The molecule has 7 heteroatoms. The third-order valence-corrected chi connectivity index (χ3v) is 6.38. The average Bonchev–Trinajstić information content (AvgIpc) is 2.95. The van der Waals surface area contributed by atoms with Gasteiger partial charge in [-0.3, -0.25) is 4.79 Å². The van der Waals surface area contributed by atoms with E-state index in [4.69, 9.17) is 12.2 Å². The molecular formula is C16H19N3OS3. The van der Waals surface area contributed by atoms with Gasteiger partial charge in [0.2, 0.25) is 5.91 Å². The average molecular weight is 366 g/mol. The fourth-order valence-electron chi connectivity index (χ4n) is 2.49. The molecule has 1 aliphatic rings. The Hall–Kier alpha value is -1.18. The molecule has 0 radical (unpaired) electrons. The van der Waals surface area contributed by atoms with Crippen LogP contribution in [-0.4, -0.2) is 39.0 Å². The number of fused-ring (bicyclic) bond motifs is 1. The number of hydrogen-bond donors (Lipinski definition) is 1. The predicted octanol–water partition coefficient (Wildman–Crippen LogP) is 3.98. The van der Waals surface area contributed by atoms with Crippen LogP contribution in [0.15, 0.2) is 24.3 Å². The zero-order chi connectivity index (χ0) is 16.2. The van der Waals surface area contributed by atoms with E-state index in [9.17, 15) is 4.79 Å². The highest BCUT2D eigenvalue weighted by Crippen LogP contribution is 2.25. The van der Waals surface area contributed by atoms with Crippen LogP contribution in [0.4, 0.5) is 5.13 Å². The zero-order valence-corrected chi connectivity index (χ0v) is 15.4. The van der Waals surface area contributed by atoms with Gasteiger partial charge in [0, 0.05) is 13.1 Å². The molecule has 1 aromatic carbocycles. The molecule has 1 N–H and O–H groups in total. The summed E-state index contributed by atoms with van der Waals surface area (Å²) in [4.78, 5) is 18.7. The molecule has 122 valence electrons. The van der Waals surface area contributed by atoms with Crippen molar-refractivity contribution >= 4 is 60.9 Å². The molecular weight excluding hydrogens is 346 g/mol. The minimum absolute atomic E-state index is 0.0539. The zero-order valence-electron chi connectivity index (χ0n) is 12.9. The second kappa shape index (κ2) is 7.59. The molecule has 0 aliphatic carbocycles. The summed E-state index contributed by atoms with van der Waals surface area (Å²) in [6, 6.07) is 7.87. The lowest BCUT2D eigenvalue weighted by Crippen LogP contribution is -2.36. The highest BCUT2D eigenvalue weighted by Gasteiger charge is 2.19. The van der Waals surface area contributed by atoms with Gasteiger partial charge in [-0.1, -0.05) is 54.4 Å². The Labute approximate surface area is 149 Å². The first kappa shape index (κ1) is 16.7. The molecule has 3 rings (SSSR count). The Morgan fingerprint density at radius 2 is 2.17 bits per heavy atom. The first-order valence-corrected chi connectivity index (χ1v) is 9.90. The molecule has 0 atom stereocenters. The topological polar surface area (TPSA) is 45.2 Å². The maximum atomic E-state index is 12.1. The minimum Gasteiger partial charge on any atom is -0.357 e. The second-order valence-corrected chi connectivity index (χ2v) is 8.40. The van der Waals surface area contributed by atoms with Crippen LogP contribution in [0.25, 0.3) is 10.2 Å². The Kier molecular flexibility index (Phi) is 5.50. The van der Waals surface area contributed by atoms with Crippen molar-refractivity contribution in [2.45, 2.75) is 19.8 Å². The van der Waals surface area contributed by atoms with E-state index in [1.807, 2.05) is 24.3 Å². The number of likely N-dealkylation sites (tertiary alicyclic amines) is 1. The van der Waals surface area contributed by atoms with Gasteiger partial charge in [-0.15, -0.1) is 0 Å². The maximum absolute atomic E-state index is 12.1. The van der Waals surface area contributed by atoms with Crippen molar-refractivity contribution < 1.29 is 4.79 Å². The summed E-state index contributed by atoms with van der Waals surface area (Å²) in [7, 11) is 0. The van der Waals surface area contributed by atoms with Crippen molar-refractivity contribution in [1.82, 2.24) is 9.88 Å². The Morgan fingerprint density at radius 1 is 1.43 bits per heavy atom. The van der Waals surface area contributed by atoms with Gasteiger partial charge in [-0.25, -0.2) is 4.98 Å². The molecule has 1 aliphatic heterocycles. The number of rotatable bonds is 3. The van der Waals surface area contributed by atoms with E-state index in [-0.39, 0.29) is 5.91 Å². The van der Waals surface area contributed by atoms with E-state index < -0.39 is 0 Å². The number of thiazole rings is 1. The fraction of sp³-hybridized carbons (Fsp3) is 0.438. The highest BCUT2D eigenvalue weighted by atomic mass is 32.2. The number of thioether (sulfide) groups is 1. The van der Waals surface area contributed by atoms with Crippen molar-refractivity contribution in [3.8, 4) is 0 Å². The Bertz CT molecular complexity index is 674. The van der Waals surface area contributed by atoms with Crippen LogP contribution < -0.4 is 5.32 Å². The molecule has 1 amide bonds. The first-order chi connectivity index (χ1) is 11.1. The lowest BCUT2D eigenvalue weighted by molar-refractivity contribution is -0.113. The number of aromatic nitrogens is 1. The van der Waals surface area contributed by atoms with Crippen LogP contribution in [0.5, 0.6) is 0 Å². The van der Waals surface area contributed by atoms with Gasteiger partial charge in [0.05, 0.1) is 16.0 Å². The molecule has 1 aromatic heterocycles. The van der Waals surface area contributed by atoms with Gasteiger partial charge in [-0.2, -0.15) is 0 Å². The van der Waals surface area contributed by atoms with E-state index in [2.05, 4.69) is 22.1 Å². The van der Waals surface area contributed by atoms with Crippen LogP contribution >= 0.6 is 35.3 Å². The Balaban J connectivity index is 1.48. The lowest BCUT2D eigenvalue weighted by Gasteiger charge is -2.31. The SMILES string of the molecule is CC1CCN(C(=S)SCC(=O)Nc2nc3ccccc3s2)CC1. The summed E-state index contributed by atoms with van der Waals surface area (Å²) in [6.45, 7) is 4.29. The maximum Gasteiger partial charge on any atom is 0.236 e. The number of nitrogens with one attached hydrogen (secondary N) is 1. The van der Waals surface area contributed by atoms with Crippen molar-refractivity contribution in [1.29, 1.82) is 0 Å². The summed E-state index contributed by atoms with van der Waals surface area (Å²) >= 11 is 8.38. The number of benzene rings is 1. The molecule has 4 nitrogen and oxygen atoms in total. The molecule has 0 spiro atoms. The smallest absolute Gasteiger partial charge is 0.236 e. The number of hydrogen-bond acceptors (Lipinski definition) is 5. The predicted molar refractivity (Wildman–Crippen MR) is 103 cm³/mol. The molecule has 0 saturated carbocycles. The van der Waals surface area contributed by atoms with Gasteiger partial charge in [0.1, 0.15) is 4.32 Å². The molecule has 23 heavy (non-hydrogen) atoms. The van der Waals surface area contributed by atoms with Crippen LogP contribution in [0, 0.1) is 5.92 Å². The number of anilines is 1. The van der Waals surface area contributed by atoms with Crippen molar-refractivity contribution in [2.75, 3.05) is 24.2 Å². The molecule has 2 heterocycles. The third-order valence-electron chi connectivity index (χ3n) is 3.91. The van der Waals surface area contributed by atoms with Gasteiger partial charge in [-0.05, 0) is 30.9 Å². The third kappa shape index (κ3) is 4.43. The number of thiocarbonyl (C=S) groups is 1. The van der Waals surface area contributed by atoms with Crippen molar-refractivity contribution in [3.63, 3.8) is 0 Å². The van der Waals surface area contributed by atoms with Gasteiger partial charge >= 0.3 is 0 Å². The first-order valence-electron chi connectivity index (χ1n) is 7.69. The van der Waals surface area contributed by atoms with Crippen LogP contribution in [-0.2, 0) is 4.79 Å². The van der Waals surface area contributed by atoms with Crippen LogP contribution in [0.2, 0.25) is 0 Å². The molecule has 1 fully saturated rings. The fourth-order valence-corrected chi connectivity index (χ4v) is 4.42. The van der Waals surface area contributed by atoms with Crippen LogP contribution in [0.3, 0.4) is 0 Å². The lowest BCUT2D eigenvalue weighted by atomic mass is 10.00. The van der Waals surface area contributed by atoms with E-state index in [0.717, 1.165) is 33.5 Å². The molecule has 1 saturated heterocycles. The van der Waals surface area contributed by atoms with E-state index in [0.29, 0.717) is 10.9 Å².